The molecule has 1 unspecified atom stereocenters. The highest BCUT2D eigenvalue weighted by atomic mass is 79.9. The fourth-order valence-corrected chi connectivity index (χ4v) is 2.71. The molecule has 5 nitrogen and oxygen atoms in total. The summed E-state index contributed by atoms with van der Waals surface area (Å²) in [4.78, 5) is 0. The van der Waals surface area contributed by atoms with Crippen LogP contribution in [0.3, 0.4) is 0 Å². The SMILES string of the molecule is COc1ccc(C(CC(C)(C)OC)NN)c(OC)c1Br. The van der Waals surface area contributed by atoms with Crippen molar-refractivity contribution in [3.05, 3.63) is 22.2 Å². The summed E-state index contributed by atoms with van der Waals surface area (Å²) in [6.07, 6.45) is 0.704. The van der Waals surface area contributed by atoms with Gasteiger partial charge in [-0.15, -0.1) is 0 Å². The number of ether oxygens (including phenoxy) is 3. The molecule has 0 bridgehead atoms. The zero-order valence-electron chi connectivity index (χ0n) is 12.6. The third kappa shape index (κ3) is 3.85. The van der Waals surface area contributed by atoms with Gasteiger partial charge in [-0.1, -0.05) is 0 Å². The van der Waals surface area contributed by atoms with Gasteiger partial charge in [0.2, 0.25) is 0 Å². The quantitative estimate of drug-likeness (QED) is 0.587. The van der Waals surface area contributed by atoms with E-state index < -0.39 is 0 Å². The first kappa shape index (κ1) is 17.2. The van der Waals surface area contributed by atoms with Gasteiger partial charge in [0.05, 0.1) is 25.9 Å². The van der Waals surface area contributed by atoms with Crippen molar-refractivity contribution in [1.29, 1.82) is 0 Å². The second-order valence-corrected chi connectivity index (χ2v) is 5.88. The Bertz CT molecular complexity index is 452. The Labute approximate surface area is 128 Å². The van der Waals surface area contributed by atoms with Gasteiger partial charge in [-0.25, -0.2) is 0 Å². The van der Waals surface area contributed by atoms with E-state index in [1.165, 1.54) is 0 Å². The van der Waals surface area contributed by atoms with Crippen LogP contribution in [0, 0.1) is 0 Å². The van der Waals surface area contributed by atoms with Crippen molar-refractivity contribution >= 4 is 15.9 Å². The summed E-state index contributed by atoms with van der Waals surface area (Å²) in [5, 5.41) is 0. The molecule has 0 aliphatic rings. The van der Waals surface area contributed by atoms with Crippen molar-refractivity contribution < 1.29 is 14.2 Å². The molecule has 3 N–H and O–H groups in total. The smallest absolute Gasteiger partial charge is 0.141 e. The summed E-state index contributed by atoms with van der Waals surface area (Å²) in [6.45, 7) is 4.03. The zero-order valence-corrected chi connectivity index (χ0v) is 14.2. The van der Waals surface area contributed by atoms with E-state index in [1.54, 1.807) is 21.3 Å². The number of nitrogens with one attached hydrogen (secondary N) is 1. The Kier molecular flexibility index (Phi) is 6.26. The highest BCUT2D eigenvalue weighted by Gasteiger charge is 2.26. The van der Waals surface area contributed by atoms with E-state index >= 15 is 0 Å². The fourth-order valence-electron chi connectivity index (χ4n) is 2.03. The summed E-state index contributed by atoms with van der Waals surface area (Å²) in [5.74, 6) is 7.13. The molecule has 1 rings (SSSR count). The molecule has 1 aromatic carbocycles. The van der Waals surface area contributed by atoms with E-state index in [4.69, 9.17) is 20.1 Å². The molecule has 6 heteroatoms. The molecule has 114 valence electrons. The van der Waals surface area contributed by atoms with Crippen molar-refractivity contribution in [3.63, 3.8) is 0 Å². The number of hydrazine groups is 1. The second kappa shape index (κ2) is 7.26. The molecule has 0 heterocycles. The molecule has 20 heavy (non-hydrogen) atoms. The monoisotopic (exact) mass is 346 g/mol. The molecule has 0 saturated heterocycles. The number of methoxy groups -OCH3 is 3. The lowest BCUT2D eigenvalue weighted by atomic mass is 9.93. The highest BCUT2D eigenvalue weighted by Crippen LogP contribution is 2.41. The Morgan fingerprint density at radius 1 is 1.25 bits per heavy atom. The molecular formula is C14H23BrN2O3. The van der Waals surface area contributed by atoms with Crippen LogP contribution in [0.5, 0.6) is 11.5 Å². The van der Waals surface area contributed by atoms with Gasteiger partial charge >= 0.3 is 0 Å². The fraction of sp³-hybridized carbons (Fsp3) is 0.571. The summed E-state index contributed by atoms with van der Waals surface area (Å²) < 4.78 is 17.0. The van der Waals surface area contributed by atoms with E-state index in [-0.39, 0.29) is 11.6 Å². The van der Waals surface area contributed by atoms with Crippen molar-refractivity contribution in [3.8, 4) is 11.5 Å². The maximum absolute atomic E-state index is 5.70. The molecular weight excluding hydrogens is 324 g/mol. The van der Waals surface area contributed by atoms with E-state index in [0.29, 0.717) is 17.9 Å². The van der Waals surface area contributed by atoms with Gasteiger partial charge in [-0.3, -0.25) is 11.3 Å². The molecule has 1 aromatic rings. The number of nitrogens with two attached hydrogens (primary N) is 1. The highest BCUT2D eigenvalue weighted by molar-refractivity contribution is 9.10. The summed E-state index contributed by atoms with van der Waals surface area (Å²) >= 11 is 3.50. The normalized spacial score (nSPS) is 13.2. The van der Waals surface area contributed by atoms with E-state index in [2.05, 4.69) is 21.4 Å². The minimum absolute atomic E-state index is 0.0953. The lowest BCUT2D eigenvalue weighted by molar-refractivity contribution is 0.00664. The van der Waals surface area contributed by atoms with Crippen LogP contribution < -0.4 is 20.7 Å². The van der Waals surface area contributed by atoms with Gasteiger partial charge in [-0.2, -0.15) is 0 Å². The van der Waals surface area contributed by atoms with Crippen molar-refractivity contribution in [1.82, 2.24) is 5.43 Å². The Morgan fingerprint density at radius 2 is 1.90 bits per heavy atom. The molecule has 0 aliphatic heterocycles. The van der Waals surface area contributed by atoms with Crippen molar-refractivity contribution in [2.45, 2.75) is 31.9 Å². The zero-order chi connectivity index (χ0) is 15.3. The van der Waals surface area contributed by atoms with Gasteiger partial charge in [0, 0.05) is 12.7 Å². The predicted octanol–water partition coefficient (Wildman–Crippen LogP) is 2.79. The van der Waals surface area contributed by atoms with Gasteiger partial charge in [0.1, 0.15) is 16.0 Å². The van der Waals surface area contributed by atoms with Crippen LogP contribution in [-0.2, 0) is 4.74 Å². The van der Waals surface area contributed by atoms with E-state index in [0.717, 1.165) is 10.0 Å². The Hall–Kier alpha value is -0.820. The van der Waals surface area contributed by atoms with Gasteiger partial charge in [-0.05, 0) is 48.3 Å². The average Bonchev–Trinajstić information content (AvgIpc) is 2.44. The summed E-state index contributed by atoms with van der Waals surface area (Å²) in [6, 6.07) is 3.73. The summed E-state index contributed by atoms with van der Waals surface area (Å²) in [5.41, 5.74) is 3.48. The van der Waals surface area contributed by atoms with E-state index in [9.17, 15) is 0 Å². The lowest BCUT2D eigenvalue weighted by Gasteiger charge is -2.29. The molecule has 0 radical (unpaired) electrons. The minimum atomic E-state index is -0.297. The molecule has 0 aromatic heterocycles. The Balaban J connectivity index is 3.19. The van der Waals surface area contributed by atoms with Crippen molar-refractivity contribution in [2.24, 2.45) is 5.84 Å². The van der Waals surface area contributed by atoms with Crippen LogP contribution in [-0.4, -0.2) is 26.9 Å². The average molecular weight is 347 g/mol. The maximum atomic E-state index is 5.70. The third-order valence-electron chi connectivity index (χ3n) is 3.34. The van der Waals surface area contributed by atoms with Crippen molar-refractivity contribution in [2.75, 3.05) is 21.3 Å². The largest absolute Gasteiger partial charge is 0.495 e. The van der Waals surface area contributed by atoms with Gasteiger partial charge < -0.3 is 14.2 Å². The predicted molar refractivity (Wildman–Crippen MR) is 83.0 cm³/mol. The third-order valence-corrected chi connectivity index (χ3v) is 4.09. The van der Waals surface area contributed by atoms with Crippen LogP contribution in [0.1, 0.15) is 31.9 Å². The number of hydrogen-bond donors (Lipinski definition) is 2. The van der Waals surface area contributed by atoms with Crippen LogP contribution in [0.2, 0.25) is 0 Å². The molecule has 0 aliphatic carbocycles. The first-order chi connectivity index (χ1) is 9.40. The number of benzene rings is 1. The number of hydrogen-bond acceptors (Lipinski definition) is 5. The van der Waals surface area contributed by atoms with E-state index in [1.807, 2.05) is 26.0 Å². The standard InChI is InChI=1S/C14H23BrN2O3/c1-14(2,20-5)8-10(17-16)9-6-7-11(18-3)12(15)13(9)19-4/h6-7,10,17H,8,16H2,1-5H3. The van der Waals surface area contributed by atoms with Crippen LogP contribution in [0.4, 0.5) is 0 Å². The topological polar surface area (TPSA) is 65.7 Å². The lowest BCUT2D eigenvalue weighted by Crippen LogP contribution is -2.35. The van der Waals surface area contributed by atoms with Gasteiger partial charge in [0.15, 0.2) is 0 Å². The van der Waals surface area contributed by atoms with Crippen LogP contribution >= 0.6 is 15.9 Å². The second-order valence-electron chi connectivity index (χ2n) is 5.09. The first-order valence-electron chi connectivity index (χ1n) is 6.31. The number of rotatable bonds is 7. The molecule has 0 fully saturated rings. The molecule has 1 atom stereocenters. The van der Waals surface area contributed by atoms with Crippen LogP contribution in [0.15, 0.2) is 16.6 Å². The van der Waals surface area contributed by atoms with Crippen LogP contribution in [0.25, 0.3) is 0 Å². The first-order valence-corrected chi connectivity index (χ1v) is 7.11. The summed E-state index contributed by atoms with van der Waals surface area (Å²) in [7, 11) is 4.93. The molecule has 0 spiro atoms. The minimum Gasteiger partial charge on any atom is -0.495 e. The Morgan fingerprint density at radius 3 is 2.35 bits per heavy atom. The van der Waals surface area contributed by atoms with Gasteiger partial charge in [0.25, 0.3) is 0 Å². The maximum Gasteiger partial charge on any atom is 0.141 e. The molecule has 0 saturated carbocycles. The number of halogens is 1. The molecule has 0 amide bonds.